The summed E-state index contributed by atoms with van der Waals surface area (Å²) >= 11 is 0. The van der Waals surface area contributed by atoms with E-state index in [9.17, 15) is 9.59 Å². The minimum absolute atomic E-state index is 0.0104. The highest BCUT2D eigenvalue weighted by atomic mass is 16.6. The van der Waals surface area contributed by atoms with Crippen molar-refractivity contribution in [2.24, 2.45) is 5.92 Å². The molecule has 1 saturated carbocycles. The van der Waals surface area contributed by atoms with Crippen molar-refractivity contribution in [3.8, 4) is 0 Å². The molecular formula is C19H33NO5. The van der Waals surface area contributed by atoms with E-state index in [4.69, 9.17) is 14.2 Å². The zero-order chi connectivity index (χ0) is 18.4. The second-order valence-corrected chi connectivity index (χ2v) is 7.99. The number of esters is 2. The molecular weight excluding hydrogens is 322 g/mol. The molecule has 1 aliphatic carbocycles. The van der Waals surface area contributed by atoms with Gasteiger partial charge in [-0.05, 0) is 66.2 Å². The SMILES string of the molecule is CCOC(=O)C1CCC(OC(C(=O)OC(C)(C)C)N2CCCC2)CC1. The average molecular weight is 355 g/mol. The van der Waals surface area contributed by atoms with Gasteiger partial charge in [-0.1, -0.05) is 0 Å². The van der Waals surface area contributed by atoms with Crippen molar-refractivity contribution in [2.75, 3.05) is 19.7 Å². The number of carbonyl (C=O) groups is 2. The molecule has 0 aromatic rings. The molecule has 1 heterocycles. The van der Waals surface area contributed by atoms with Gasteiger partial charge in [-0.2, -0.15) is 0 Å². The van der Waals surface area contributed by atoms with Crippen molar-refractivity contribution in [3.05, 3.63) is 0 Å². The third kappa shape index (κ3) is 6.26. The second-order valence-electron chi connectivity index (χ2n) is 7.99. The van der Waals surface area contributed by atoms with Gasteiger partial charge < -0.3 is 14.2 Å². The van der Waals surface area contributed by atoms with Gasteiger partial charge in [0.15, 0.2) is 0 Å². The Bertz CT molecular complexity index is 445. The summed E-state index contributed by atoms with van der Waals surface area (Å²) in [6.07, 6.45) is 4.58. The van der Waals surface area contributed by atoms with Gasteiger partial charge in [0.05, 0.1) is 18.6 Å². The van der Waals surface area contributed by atoms with E-state index >= 15 is 0 Å². The highest BCUT2D eigenvalue weighted by Gasteiger charge is 2.36. The lowest BCUT2D eigenvalue weighted by Crippen LogP contribution is -2.47. The fourth-order valence-corrected chi connectivity index (χ4v) is 3.50. The minimum Gasteiger partial charge on any atom is -0.466 e. The van der Waals surface area contributed by atoms with E-state index in [-0.39, 0.29) is 24.0 Å². The van der Waals surface area contributed by atoms with Gasteiger partial charge in [-0.3, -0.25) is 9.69 Å². The maximum absolute atomic E-state index is 12.6. The van der Waals surface area contributed by atoms with E-state index in [0.717, 1.165) is 51.6 Å². The molecule has 2 aliphatic rings. The first-order valence-electron chi connectivity index (χ1n) is 9.59. The van der Waals surface area contributed by atoms with Gasteiger partial charge in [-0.15, -0.1) is 0 Å². The molecule has 144 valence electrons. The zero-order valence-electron chi connectivity index (χ0n) is 16.1. The van der Waals surface area contributed by atoms with Crippen LogP contribution >= 0.6 is 0 Å². The van der Waals surface area contributed by atoms with Crippen LogP contribution in [0.5, 0.6) is 0 Å². The van der Waals surface area contributed by atoms with Crippen molar-refractivity contribution in [3.63, 3.8) is 0 Å². The maximum atomic E-state index is 12.6. The van der Waals surface area contributed by atoms with Crippen LogP contribution in [0, 0.1) is 5.92 Å². The van der Waals surface area contributed by atoms with Crippen LogP contribution in [0.1, 0.15) is 66.2 Å². The van der Waals surface area contributed by atoms with Crippen LogP contribution in [0.3, 0.4) is 0 Å². The van der Waals surface area contributed by atoms with Gasteiger partial charge in [0.25, 0.3) is 0 Å². The molecule has 2 rings (SSSR count). The largest absolute Gasteiger partial charge is 0.466 e. The van der Waals surface area contributed by atoms with Crippen LogP contribution in [0.25, 0.3) is 0 Å². The van der Waals surface area contributed by atoms with E-state index in [1.54, 1.807) is 0 Å². The molecule has 0 spiro atoms. The molecule has 1 unspecified atom stereocenters. The molecule has 0 N–H and O–H groups in total. The molecule has 0 bridgehead atoms. The molecule has 2 fully saturated rings. The first-order chi connectivity index (χ1) is 11.8. The fraction of sp³-hybridized carbons (Fsp3) is 0.895. The topological polar surface area (TPSA) is 65.1 Å². The van der Waals surface area contributed by atoms with Crippen LogP contribution in [0.15, 0.2) is 0 Å². The van der Waals surface area contributed by atoms with E-state index in [1.807, 2.05) is 27.7 Å². The summed E-state index contributed by atoms with van der Waals surface area (Å²) in [5.74, 6) is -0.447. The maximum Gasteiger partial charge on any atom is 0.351 e. The summed E-state index contributed by atoms with van der Waals surface area (Å²) in [5.41, 5.74) is -0.528. The quantitative estimate of drug-likeness (QED) is 0.683. The molecule has 1 aliphatic heterocycles. The predicted molar refractivity (Wildman–Crippen MR) is 93.9 cm³/mol. The number of nitrogens with zero attached hydrogens (tertiary/aromatic N) is 1. The van der Waals surface area contributed by atoms with Gasteiger partial charge in [0.1, 0.15) is 5.60 Å². The Hall–Kier alpha value is -1.14. The first-order valence-corrected chi connectivity index (χ1v) is 9.59. The molecule has 6 heteroatoms. The molecule has 6 nitrogen and oxygen atoms in total. The molecule has 1 atom stereocenters. The average Bonchev–Trinajstić information content (AvgIpc) is 3.05. The third-order valence-corrected chi connectivity index (χ3v) is 4.70. The minimum atomic E-state index is -0.633. The van der Waals surface area contributed by atoms with Crippen LogP contribution in [-0.2, 0) is 23.8 Å². The highest BCUT2D eigenvalue weighted by Crippen LogP contribution is 2.29. The molecule has 0 radical (unpaired) electrons. The Morgan fingerprint density at radius 1 is 1.08 bits per heavy atom. The Morgan fingerprint density at radius 2 is 1.68 bits per heavy atom. The highest BCUT2D eigenvalue weighted by molar-refractivity contribution is 5.75. The zero-order valence-corrected chi connectivity index (χ0v) is 16.1. The van der Waals surface area contributed by atoms with Crippen LogP contribution < -0.4 is 0 Å². The number of carbonyl (C=O) groups excluding carboxylic acids is 2. The van der Waals surface area contributed by atoms with E-state index in [0.29, 0.717) is 6.61 Å². The Balaban J connectivity index is 1.91. The van der Waals surface area contributed by atoms with Crippen LogP contribution in [0.4, 0.5) is 0 Å². The summed E-state index contributed by atoms with van der Waals surface area (Å²) in [4.78, 5) is 26.5. The number of likely N-dealkylation sites (tertiary alicyclic amines) is 1. The summed E-state index contributed by atoms with van der Waals surface area (Å²) in [6, 6.07) is 0. The Morgan fingerprint density at radius 3 is 2.20 bits per heavy atom. The lowest BCUT2D eigenvalue weighted by Gasteiger charge is -2.34. The van der Waals surface area contributed by atoms with Gasteiger partial charge in [0, 0.05) is 13.1 Å². The lowest BCUT2D eigenvalue weighted by atomic mass is 9.87. The van der Waals surface area contributed by atoms with E-state index in [1.165, 1.54) is 0 Å². The summed E-state index contributed by atoms with van der Waals surface area (Å²) < 4.78 is 16.8. The standard InChI is InChI=1S/C19H33NO5/c1-5-23-17(21)14-8-10-15(11-9-14)24-16(20-12-6-7-13-20)18(22)25-19(2,3)4/h14-16H,5-13H2,1-4H3. The van der Waals surface area contributed by atoms with Gasteiger partial charge >= 0.3 is 11.9 Å². The van der Waals surface area contributed by atoms with E-state index < -0.39 is 11.8 Å². The van der Waals surface area contributed by atoms with Crippen molar-refractivity contribution in [1.29, 1.82) is 0 Å². The normalized spacial score (nSPS) is 26.2. The van der Waals surface area contributed by atoms with E-state index in [2.05, 4.69) is 4.90 Å². The molecule has 0 aromatic heterocycles. The smallest absolute Gasteiger partial charge is 0.351 e. The predicted octanol–water partition coefficient (Wildman–Crippen LogP) is 2.89. The third-order valence-electron chi connectivity index (χ3n) is 4.70. The summed E-state index contributed by atoms with van der Waals surface area (Å²) in [6.45, 7) is 9.59. The first kappa shape index (κ1) is 20.2. The lowest BCUT2D eigenvalue weighted by molar-refractivity contribution is -0.190. The fourth-order valence-electron chi connectivity index (χ4n) is 3.50. The molecule has 0 aromatic carbocycles. The van der Waals surface area contributed by atoms with Gasteiger partial charge in [-0.25, -0.2) is 4.79 Å². The Labute approximate surface area is 151 Å². The van der Waals surface area contributed by atoms with Crippen LogP contribution in [0.2, 0.25) is 0 Å². The number of rotatable bonds is 6. The second kappa shape index (κ2) is 8.99. The molecule has 0 amide bonds. The number of hydrogen-bond donors (Lipinski definition) is 0. The van der Waals surface area contributed by atoms with Crippen molar-refractivity contribution >= 4 is 11.9 Å². The van der Waals surface area contributed by atoms with Crippen molar-refractivity contribution in [2.45, 2.75) is 84.2 Å². The van der Waals surface area contributed by atoms with Gasteiger partial charge in [0.2, 0.25) is 6.23 Å². The summed E-state index contributed by atoms with van der Waals surface area (Å²) in [5, 5.41) is 0. The Kier molecular flexibility index (Phi) is 7.25. The molecule has 1 saturated heterocycles. The monoisotopic (exact) mass is 355 g/mol. The molecule has 25 heavy (non-hydrogen) atoms. The van der Waals surface area contributed by atoms with Crippen molar-refractivity contribution in [1.82, 2.24) is 4.90 Å². The summed E-state index contributed by atoms with van der Waals surface area (Å²) in [7, 11) is 0. The number of ether oxygens (including phenoxy) is 3. The number of hydrogen-bond acceptors (Lipinski definition) is 6. The van der Waals surface area contributed by atoms with Crippen molar-refractivity contribution < 1.29 is 23.8 Å². The van der Waals surface area contributed by atoms with Crippen LogP contribution in [-0.4, -0.2) is 54.5 Å².